The van der Waals surface area contributed by atoms with Crippen LogP contribution in [0.2, 0.25) is 5.02 Å². The predicted molar refractivity (Wildman–Crippen MR) is 137 cm³/mol. The first kappa shape index (κ1) is 22.1. The van der Waals surface area contributed by atoms with Crippen LogP contribution in [0, 0.1) is 0 Å². The third-order valence-electron chi connectivity index (χ3n) is 5.16. The Hall–Kier alpha value is -3.75. The number of halogens is 2. The zero-order valence-electron chi connectivity index (χ0n) is 17.7. The zero-order chi connectivity index (χ0) is 23.5. The van der Waals surface area contributed by atoms with Crippen molar-refractivity contribution in [2.24, 2.45) is 0 Å². The minimum Gasteiger partial charge on any atom is -0.366 e. The van der Waals surface area contributed by atoms with Crippen molar-refractivity contribution in [3.63, 3.8) is 0 Å². The van der Waals surface area contributed by atoms with Gasteiger partial charge < -0.3 is 10.6 Å². The fourth-order valence-corrected chi connectivity index (χ4v) is 4.04. The maximum absolute atomic E-state index is 12.3. The van der Waals surface area contributed by atoms with E-state index in [2.05, 4.69) is 36.6 Å². The summed E-state index contributed by atoms with van der Waals surface area (Å²) in [5.74, 6) is 0.528. The van der Waals surface area contributed by atoms with E-state index >= 15 is 0 Å². The number of benzene rings is 2. The second-order valence-corrected chi connectivity index (χ2v) is 8.72. The lowest BCUT2D eigenvalue weighted by molar-refractivity contribution is 0.102. The van der Waals surface area contributed by atoms with Crippen molar-refractivity contribution in [2.75, 3.05) is 10.6 Å². The predicted octanol–water partition coefficient (Wildman–Crippen LogP) is 6.07. The van der Waals surface area contributed by atoms with Gasteiger partial charge >= 0.3 is 0 Å². The van der Waals surface area contributed by atoms with Gasteiger partial charge in [0.15, 0.2) is 5.65 Å². The van der Waals surface area contributed by atoms with Crippen LogP contribution in [0.3, 0.4) is 0 Å². The number of anilines is 2. The van der Waals surface area contributed by atoms with Crippen LogP contribution in [0.4, 0.5) is 11.5 Å². The number of fused-ring (bicyclic) bond motifs is 1. The maximum atomic E-state index is 12.3. The zero-order valence-corrected chi connectivity index (χ0v) is 20.1. The van der Waals surface area contributed by atoms with E-state index in [1.807, 2.05) is 54.6 Å². The molecule has 0 aliphatic carbocycles. The van der Waals surface area contributed by atoms with E-state index in [0.29, 0.717) is 28.6 Å². The summed E-state index contributed by atoms with van der Waals surface area (Å²) in [7, 11) is 0. The third-order valence-corrected chi connectivity index (χ3v) is 6.05. The van der Waals surface area contributed by atoms with Crippen LogP contribution in [-0.2, 0) is 6.54 Å². The fraction of sp³-hybridized carbons (Fsp3) is 0.0400. The smallest absolute Gasteiger partial charge is 0.274 e. The van der Waals surface area contributed by atoms with E-state index in [0.717, 1.165) is 27.1 Å². The minimum atomic E-state index is -0.248. The highest BCUT2D eigenvalue weighted by atomic mass is 79.9. The molecule has 9 heteroatoms. The van der Waals surface area contributed by atoms with E-state index in [1.165, 1.54) is 0 Å². The van der Waals surface area contributed by atoms with Crippen molar-refractivity contribution in [1.29, 1.82) is 0 Å². The molecule has 0 aliphatic heterocycles. The number of hydrogen-bond acceptors (Lipinski definition) is 5. The molecule has 2 N–H and O–H groups in total. The van der Waals surface area contributed by atoms with Gasteiger partial charge in [-0.25, -0.2) is 4.98 Å². The van der Waals surface area contributed by atoms with Gasteiger partial charge in [-0.1, -0.05) is 48.0 Å². The van der Waals surface area contributed by atoms with E-state index in [4.69, 9.17) is 16.6 Å². The Kier molecular flexibility index (Phi) is 6.24. The van der Waals surface area contributed by atoms with Gasteiger partial charge in [-0.05, 0) is 51.8 Å². The van der Waals surface area contributed by atoms with Crippen LogP contribution >= 0.6 is 27.5 Å². The normalized spacial score (nSPS) is 10.9. The number of nitrogens with one attached hydrogen (secondary N) is 2. The van der Waals surface area contributed by atoms with Crippen LogP contribution < -0.4 is 10.6 Å². The molecule has 5 rings (SSSR count). The molecule has 0 fully saturated rings. The average Bonchev–Trinajstić information content (AvgIpc) is 3.25. The van der Waals surface area contributed by atoms with Crippen molar-refractivity contribution in [2.45, 2.75) is 6.54 Å². The van der Waals surface area contributed by atoms with Crippen molar-refractivity contribution in [3.8, 4) is 11.3 Å². The molecule has 0 aliphatic rings. The molecule has 3 aromatic heterocycles. The highest BCUT2D eigenvalue weighted by Gasteiger charge is 2.13. The number of hydrogen-bond donors (Lipinski definition) is 2. The Bertz CT molecular complexity index is 1470. The quantitative estimate of drug-likeness (QED) is 0.277. The largest absolute Gasteiger partial charge is 0.366 e. The minimum absolute atomic E-state index is 0.248. The monoisotopic (exact) mass is 532 g/mol. The molecular weight excluding hydrogens is 516 g/mol. The van der Waals surface area contributed by atoms with Gasteiger partial charge in [0, 0.05) is 35.1 Å². The number of carbonyl (C=O) groups is 1. The molecule has 5 aromatic rings. The molecule has 0 bridgehead atoms. The van der Waals surface area contributed by atoms with Crippen molar-refractivity contribution in [3.05, 3.63) is 106 Å². The first-order valence-electron chi connectivity index (χ1n) is 10.4. The van der Waals surface area contributed by atoms with Gasteiger partial charge in [0.25, 0.3) is 5.91 Å². The van der Waals surface area contributed by atoms with Crippen molar-refractivity contribution >= 4 is 50.6 Å². The van der Waals surface area contributed by atoms with Crippen molar-refractivity contribution < 1.29 is 4.79 Å². The van der Waals surface area contributed by atoms with Crippen LogP contribution in [-0.4, -0.2) is 25.5 Å². The topological polar surface area (TPSA) is 84.2 Å². The molecule has 168 valence electrons. The summed E-state index contributed by atoms with van der Waals surface area (Å²) >= 11 is 9.93. The molecular formula is C25H18BrClN6O. The van der Waals surface area contributed by atoms with Crippen LogP contribution in [0.5, 0.6) is 0 Å². The summed E-state index contributed by atoms with van der Waals surface area (Å²) in [5.41, 5.74) is 4.38. The first-order valence-corrected chi connectivity index (χ1v) is 11.6. The van der Waals surface area contributed by atoms with Crippen LogP contribution in [0.25, 0.3) is 16.9 Å². The van der Waals surface area contributed by atoms with E-state index in [1.54, 1.807) is 35.1 Å². The van der Waals surface area contributed by atoms with Gasteiger partial charge in [-0.3, -0.25) is 9.78 Å². The fourth-order valence-electron chi connectivity index (χ4n) is 3.46. The third kappa shape index (κ3) is 4.64. The Morgan fingerprint density at radius 2 is 1.82 bits per heavy atom. The number of aromatic nitrogens is 4. The Balaban J connectivity index is 1.35. The molecule has 1 amide bonds. The van der Waals surface area contributed by atoms with Gasteiger partial charge in [-0.2, -0.15) is 9.61 Å². The van der Waals surface area contributed by atoms with Gasteiger partial charge in [-0.15, -0.1) is 0 Å². The molecule has 3 heterocycles. The molecule has 7 nitrogen and oxygen atoms in total. The Morgan fingerprint density at radius 3 is 2.59 bits per heavy atom. The Labute approximate surface area is 209 Å². The second kappa shape index (κ2) is 9.62. The molecule has 0 radical (unpaired) electrons. The lowest BCUT2D eigenvalue weighted by Crippen LogP contribution is -2.13. The van der Waals surface area contributed by atoms with E-state index in [9.17, 15) is 4.79 Å². The SMILES string of the molecule is O=C(Nc1ccc(CNc2cc(-c3ccccc3Cl)nc3c(Br)cnn23)cc1)c1ccccn1. The Morgan fingerprint density at radius 1 is 1.03 bits per heavy atom. The summed E-state index contributed by atoms with van der Waals surface area (Å²) in [6, 6.07) is 22.4. The lowest BCUT2D eigenvalue weighted by Gasteiger charge is -2.12. The number of rotatable bonds is 6. The van der Waals surface area contributed by atoms with Crippen LogP contribution in [0.1, 0.15) is 16.1 Å². The van der Waals surface area contributed by atoms with E-state index in [-0.39, 0.29) is 5.91 Å². The molecule has 34 heavy (non-hydrogen) atoms. The van der Waals surface area contributed by atoms with Crippen LogP contribution in [0.15, 0.2) is 89.7 Å². The standard InChI is InChI=1S/C25H18BrClN6O/c26-19-15-30-33-23(13-22(32-24(19)33)18-5-1-2-6-20(18)27)29-14-16-8-10-17(11-9-16)31-25(34)21-7-3-4-12-28-21/h1-13,15,29H,14H2,(H,31,34). The first-order chi connectivity index (χ1) is 16.6. The summed E-state index contributed by atoms with van der Waals surface area (Å²) in [5, 5.41) is 11.3. The molecule has 0 saturated heterocycles. The molecule has 0 atom stereocenters. The number of amides is 1. The maximum Gasteiger partial charge on any atom is 0.274 e. The van der Waals surface area contributed by atoms with Gasteiger partial charge in [0.1, 0.15) is 11.5 Å². The summed E-state index contributed by atoms with van der Waals surface area (Å²) in [4.78, 5) is 21.1. The van der Waals surface area contributed by atoms with E-state index < -0.39 is 0 Å². The molecule has 0 saturated carbocycles. The average molecular weight is 534 g/mol. The number of carbonyl (C=O) groups excluding carboxylic acids is 1. The molecule has 0 unspecified atom stereocenters. The molecule has 2 aromatic carbocycles. The number of pyridine rings is 1. The van der Waals surface area contributed by atoms with Crippen molar-refractivity contribution in [1.82, 2.24) is 19.6 Å². The lowest BCUT2D eigenvalue weighted by atomic mass is 10.1. The van der Waals surface area contributed by atoms with Gasteiger partial charge in [0.2, 0.25) is 0 Å². The summed E-state index contributed by atoms with van der Waals surface area (Å²) < 4.78 is 2.53. The summed E-state index contributed by atoms with van der Waals surface area (Å²) in [6.45, 7) is 0.549. The summed E-state index contributed by atoms with van der Waals surface area (Å²) in [6.07, 6.45) is 3.30. The highest BCUT2D eigenvalue weighted by Crippen LogP contribution is 2.30. The second-order valence-electron chi connectivity index (χ2n) is 7.45. The highest BCUT2D eigenvalue weighted by molar-refractivity contribution is 9.10. The molecule has 0 spiro atoms. The number of nitrogens with zero attached hydrogens (tertiary/aromatic N) is 4. The van der Waals surface area contributed by atoms with Gasteiger partial charge in [0.05, 0.1) is 16.4 Å².